The molecule has 0 fully saturated rings. The summed E-state index contributed by atoms with van der Waals surface area (Å²) >= 11 is 0. The Balaban J connectivity index is 2.79. The number of halogens is 3. The fraction of sp³-hybridized carbons (Fsp3) is 0.400. The van der Waals surface area contributed by atoms with Crippen molar-refractivity contribution in [1.29, 1.82) is 5.26 Å². The number of nitrogens with one attached hydrogen (secondary N) is 1. The lowest BCUT2D eigenvalue weighted by molar-refractivity contribution is -0.137. The SMILES string of the molecule is C[C@H](CC#N)[C@@H](NC(=O)Cc1cccc(C(F)(F)F)c1)C(N)=O. The van der Waals surface area contributed by atoms with E-state index >= 15 is 0 Å². The van der Waals surface area contributed by atoms with E-state index in [-0.39, 0.29) is 18.4 Å². The molecule has 0 unspecified atom stereocenters. The summed E-state index contributed by atoms with van der Waals surface area (Å²) in [6.07, 6.45) is -4.81. The minimum Gasteiger partial charge on any atom is -0.368 e. The molecular formula is C15H16F3N3O2. The summed E-state index contributed by atoms with van der Waals surface area (Å²) in [5.74, 6) is -1.94. The number of benzene rings is 1. The first-order valence-corrected chi connectivity index (χ1v) is 6.77. The Hall–Kier alpha value is -2.56. The quantitative estimate of drug-likeness (QED) is 0.833. The molecule has 0 aromatic heterocycles. The summed E-state index contributed by atoms with van der Waals surface area (Å²) in [6, 6.07) is 5.18. The van der Waals surface area contributed by atoms with Crippen molar-refractivity contribution < 1.29 is 22.8 Å². The lowest BCUT2D eigenvalue weighted by atomic mass is 9.98. The molecule has 23 heavy (non-hydrogen) atoms. The highest BCUT2D eigenvalue weighted by atomic mass is 19.4. The second-order valence-corrected chi connectivity index (χ2v) is 5.16. The number of nitriles is 1. The molecule has 0 aliphatic carbocycles. The number of rotatable bonds is 6. The van der Waals surface area contributed by atoms with Crippen molar-refractivity contribution in [3.8, 4) is 6.07 Å². The Bertz CT molecular complexity index is 623. The van der Waals surface area contributed by atoms with Gasteiger partial charge in [-0.25, -0.2) is 0 Å². The monoisotopic (exact) mass is 327 g/mol. The molecule has 0 bridgehead atoms. The standard InChI is InChI=1S/C15H16F3N3O2/c1-9(5-6-19)13(14(20)23)21-12(22)8-10-3-2-4-11(7-10)15(16,17)18/h2-4,7,9,13H,5,8H2,1H3,(H2,20,23)(H,21,22)/t9-,13-/m1/s1. The Kier molecular flexibility index (Phi) is 6.13. The average Bonchev–Trinajstić information content (AvgIpc) is 2.44. The zero-order valence-electron chi connectivity index (χ0n) is 12.4. The highest BCUT2D eigenvalue weighted by molar-refractivity contribution is 5.87. The summed E-state index contributed by atoms with van der Waals surface area (Å²) in [7, 11) is 0. The van der Waals surface area contributed by atoms with Crippen LogP contribution < -0.4 is 11.1 Å². The maximum Gasteiger partial charge on any atom is 0.416 e. The predicted octanol–water partition coefficient (Wildman–Crippen LogP) is 1.77. The third kappa shape index (κ3) is 5.62. The molecule has 0 spiro atoms. The van der Waals surface area contributed by atoms with Gasteiger partial charge in [0, 0.05) is 6.42 Å². The maximum atomic E-state index is 12.6. The number of hydrogen-bond donors (Lipinski definition) is 2. The van der Waals surface area contributed by atoms with Gasteiger partial charge < -0.3 is 11.1 Å². The Morgan fingerprint density at radius 1 is 1.39 bits per heavy atom. The van der Waals surface area contributed by atoms with Gasteiger partial charge in [0.05, 0.1) is 18.1 Å². The van der Waals surface area contributed by atoms with Crippen LogP contribution in [-0.4, -0.2) is 17.9 Å². The van der Waals surface area contributed by atoms with Crippen molar-refractivity contribution in [2.24, 2.45) is 11.7 Å². The molecule has 2 atom stereocenters. The molecule has 1 rings (SSSR count). The molecule has 0 aliphatic heterocycles. The van der Waals surface area contributed by atoms with E-state index in [1.165, 1.54) is 12.1 Å². The van der Waals surface area contributed by atoms with Gasteiger partial charge in [0.2, 0.25) is 11.8 Å². The van der Waals surface area contributed by atoms with Gasteiger partial charge in [-0.1, -0.05) is 25.1 Å². The molecule has 1 aromatic carbocycles. The van der Waals surface area contributed by atoms with E-state index in [0.29, 0.717) is 0 Å². The normalized spacial score (nSPS) is 13.7. The highest BCUT2D eigenvalue weighted by Gasteiger charge is 2.30. The number of nitrogens with two attached hydrogens (primary N) is 1. The molecule has 124 valence electrons. The van der Waals surface area contributed by atoms with Crippen LogP contribution >= 0.6 is 0 Å². The molecule has 1 aromatic rings. The summed E-state index contributed by atoms with van der Waals surface area (Å²) in [4.78, 5) is 23.3. The van der Waals surface area contributed by atoms with Crippen LogP contribution in [0.2, 0.25) is 0 Å². The topological polar surface area (TPSA) is 96.0 Å². The van der Waals surface area contributed by atoms with Gasteiger partial charge in [0.1, 0.15) is 6.04 Å². The number of alkyl halides is 3. The maximum absolute atomic E-state index is 12.6. The summed E-state index contributed by atoms with van der Waals surface area (Å²) in [6.45, 7) is 1.57. The molecule has 0 saturated carbocycles. The average molecular weight is 327 g/mol. The number of hydrogen-bond acceptors (Lipinski definition) is 3. The van der Waals surface area contributed by atoms with Crippen molar-refractivity contribution in [2.45, 2.75) is 32.0 Å². The van der Waals surface area contributed by atoms with Crippen LogP contribution in [0.4, 0.5) is 13.2 Å². The molecule has 0 aliphatic rings. The first-order chi connectivity index (χ1) is 10.6. The zero-order chi connectivity index (χ0) is 17.6. The van der Waals surface area contributed by atoms with E-state index < -0.39 is 35.5 Å². The van der Waals surface area contributed by atoms with Gasteiger partial charge in [0.25, 0.3) is 0 Å². The van der Waals surface area contributed by atoms with Crippen LogP contribution in [0.15, 0.2) is 24.3 Å². The van der Waals surface area contributed by atoms with E-state index in [2.05, 4.69) is 5.32 Å². The van der Waals surface area contributed by atoms with Crippen molar-refractivity contribution in [3.05, 3.63) is 35.4 Å². The van der Waals surface area contributed by atoms with E-state index in [9.17, 15) is 22.8 Å². The van der Waals surface area contributed by atoms with E-state index in [0.717, 1.165) is 12.1 Å². The van der Waals surface area contributed by atoms with Gasteiger partial charge >= 0.3 is 6.18 Å². The molecule has 0 saturated heterocycles. The number of primary amides is 1. The highest BCUT2D eigenvalue weighted by Crippen LogP contribution is 2.29. The summed E-state index contributed by atoms with van der Waals surface area (Å²) in [5.41, 5.74) is 4.49. The fourth-order valence-electron chi connectivity index (χ4n) is 2.02. The first-order valence-electron chi connectivity index (χ1n) is 6.77. The van der Waals surface area contributed by atoms with Crippen molar-refractivity contribution in [1.82, 2.24) is 5.32 Å². The third-order valence-electron chi connectivity index (χ3n) is 3.22. The van der Waals surface area contributed by atoms with Crippen LogP contribution in [0.5, 0.6) is 0 Å². The second-order valence-electron chi connectivity index (χ2n) is 5.16. The lowest BCUT2D eigenvalue weighted by Gasteiger charge is -2.20. The third-order valence-corrected chi connectivity index (χ3v) is 3.22. The van der Waals surface area contributed by atoms with Crippen molar-refractivity contribution in [2.75, 3.05) is 0 Å². The number of carbonyl (C=O) groups excluding carboxylic acids is 2. The van der Waals surface area contributed by atoms with Crippen molar-refractivity contribution >= 4 is 11.8 Å². The Morgan fingerprint density at radius 3 is 2.57 bits per heavy atom. The van der Waals surface area contributed by atoms with Crippen LogP contribution in [-0.2, 0) is 22.2 Å². The molecule has 5 nitrogen and oxygen atoms in total. The minimum absolute atomic E-state index is 0.0114. The molecule has 0 heterocycles. The minimum atomic E-state index is -4.50. The zero-order valence-corrected chi connectivity index (χ0v) is 12.4. The van der Waals surface area contributed by atoms with Crippen LogP contribution in [0.3, 0.4) is 0 Å². The molecule has 2 amide bonds. The molecule has 3 N–H and O–H groups in total. The summed E-state index contributed by atoms with van der Waals surface area (Å²) in [5, 5.41) is 11.0. The van der Waals surface area contributed by atoms with Crippen LogP contribution in [0.1, 0.15) is 24.5 Å². The summed E-state index contributed by atoms with van der Waals surface area (Å²) < 4.78 is 37.9. The van der Waals surface area contributed by atoms with Gasteiger partial charge in [-0.2, -0.15) is 18.4 Å². The fourth-order valence-corrected chi connectivity index (χ4v) is 2.02. The smallest absolute Gasteiger partial charge is 0.368 e. The number of nitrogens with zero attached hydrogens (tertiary/aromatic N) is 1. The predicted molar refractivity (Wildman–Crippen MR) is 75.7 cm³/mol. The first kappa shape index (κ1) is 18.5. The van der Waals surface area contributed by atoms with Gasteiger partial charge in [-0.15, -0.1) is 0 Å². The number of amides is 2. The van der Waals surface area contributed by atoms with Crippen LogP contribution in [0, 0.1) is 17.2 Å². The lowest BCUT2D eigenvalue weighted by Crippen LogP contribution is -2.48. The van der Waals surface area contributed by atoms with Gasteiger partial charge in [-0.3, -0.25) is 9.59 Å². The van der Waals surface area contributed by atoms with E-state index in [1.54, 1.807) is 6.92 Å². The largest absolute Gasteiger partial charge is 0.416 e. The molecule has 0 radical (unpaired) electrons. The van der Waals surface area contributed by atoms with Gasteiger partial charge in [-0.05, 0) is 17.5 Å². The van der Waals surface area contributed by atoms with E-state index in [1.807, 2.05) is 6.07 Å². The van der Waals surface area contributed by atoms with E-state index in [4.69, 9.17) is 11.0 Å². The number of carbonyl (C=O) groups is 2. The Morgan fingerprint density at radius 2 is 2.04 bits per heavy atom. The molecular weight excluding hydrogens is 311 g/mol. The molecule has 8 heteroatoms. The second kappa shape index (κ2) is 7.63. The van der Waals surface area contributed by atoms with Crippen molar-refractivity contribution in [3.63, 3.8) is 0 Å². The Labute approximate surface area is 131 Å². The van der Waals surface area contributed by atoms with Crippen LogP contribution in [0.25, 0.3) is 0 Å². The van der Waals surface area contributed by atoms with Gasteiger partial charge in [0.15, 0.2) is 0 Å².